The minimum absolute atomic E-state index is 0.0379. The maximum Gasteiger partial charge on any atom is 0.229 e. The summed E-state index contributed by atoms with van der Waals surface area (Å²) in [6.07, 6.45) is 2.41. The molecule has 2 aromatic carbocycles. The topological polar surface area (TPSA) is 68.1 Å². The average molecular weight is 356 g/mol. The van der Waals surface area contributed by atoms with Crippen LogP contribution in [0.2, 0.25) is 0 Å². The molecule has 0 spiro atoms. The third kappa shape index (κ3) is 3.48. The summed E-state index contributed by atoms with van der Waals surface area (Å²) in [6, 6.07) is 15.5. The number of anilines is 1. The molecule has 0 radical (unpaired) electrons. The molecule has 0 unspecified atom stereocenters. The molecular formula is C21H16N4O2. The Labute approximate surface area is 156 Å². The molecule has 0 atom stereocenters. The molecular weight excluding hydrogens is 340 g/mol. The highest BCUT2D eigenvalue weighted by Crippen LogP contribution is 2.25. The molecule has 0 aliphatic carbocycles. The monoisotopic (exact) mass is 356 g/mol. The summed E-state index contributed by atoms with van der Waals surface area (Å²) >= 11 is 0. The van der Waals surface area contributed by atoms with Crippen molar-refractivity contribution in [2.45, 2.75) is 19.5 Å². The van der Waals surface area contributed by atoms with Crippen LogP contribution in [0.5, 0.6) is 0 Å². The summed E-state index contributed by atoms with van der Waals surface area (Å²) in [7, 11) is 0. The number of fused-ring (bicyclic) bond motifs is 2. The van der Waals surface area contributed by atoms with E-state index in [2.05, 4.69) is 22.2 Å². The van der Waals surface area contributed by atoms with Crippen LogP contribution in [0.25, 0.3) is 0 Å². The fourth-order valence-corrected chi connectivity index (χ4v) is 3.03. The van der Waals surface area contributed by atoms with E-state index >= 15 is 0 Å². The van der Waals surface area contributed by atoms with Gasteiger partial charge in [-0.2, -0.15) is 0 Å². The third-order valence-electron chi connectivity index (χ3n) is 4.41. The number of rotatable bonds is 4. The lowest BCUT2D eigenvalue weighted by Gasteiger charge is -2.26. The molecule has 6 heteroatoms. The van der Waals surface area contributed by atoms with Gasteiger partial charge in [-0.25, -0.2) is 0 Å². The second kappa shape index (κ2) is 7.26. The molecule has 132 valence electrons. The first kappa shape index (κ1) is 16.7. The number of carbonyl (C=O) groups excluding carboxylic acids is 2. The van der Waals surface area contributed by atoms with Crippen LogP contribution in [0.15, 0.2) is 54.7 Å². The van der Waals surface area contributed by atoms with E-state index in [-0.39, 0.29) is 18.0 Å². The molecule has 2 heterocycles. The van der Waals surface area contributed by atoms with Crippen LogP contribution in [0.1, 0.15) is 33.6 Å². The molecule has 6 nitrogen and oxygen atoms in total. The van der Waals surface area contributed by atoms with Gasteiger partial charge < -0.3 is 4.90 Å². The van der Waals surface area contributed by atoms with Crippen molar-refractivity contribution in [3.05, 3.63) is 77.1 Å². The van der Waals surface area contributed by atoms with E-state index in [0.29, 0.717) is 19.4 Å². The molecule has 27 heavy (non-hydrogen) atoms. The number of hydrogen-bond acceptors (Lipinski definition) is 4. The summed E-state index contributed by atoms with van der Waals surface area (Å²) in [4.78, 5) is 25.5. The molecule has 4 rings (SSSR count). The highest BCUT2D eigenvalue weighted by molar-refractivity contribution is 5.95. The zero-order valence-corrected chi connectivity index (χ0v) is 14.5. The Bertz CT molecular complexity index is 1070. The molecule has 1 aliphatic rings. The Balaban J connectivity index is 1.63. The minimum Gasteiger partial charge on any atom is -0.307 e. The van der Waals surface area contributed by atoms with Crippen LogP contribution >= 0.6 is 0 Å². The van der Waals surface area contributed by atoms with Crippen molar-refractivity contribution in [3.63, 3.8) is 0 Å². The first-order valence-electron chi connectivity index (χ1n) is 8.59. The zero-order valence-electron chi connectivity index (χ0n) is 14.5. The molecule has 1 amide bonds. The van der Waals surface area contributed by atoms with E-state index in [4.69, 9.17) is 0 Å². The van der Waals surface area contributed by atoms with E-state index in [0.717, 1.165) is 22.4 Å². The molecule has 0 N–H and O–H groups in total. The lowest BCUT2D eigenvalue weighted by atomic mass is 10.0. The smallest absolute Gasteiger partial charge is 0.229 e. The van der Waals surface area contributed by atoms with Gasteiger partial charge in [0.1, 0.15) is 5.69 Å². The van der Waals surface area contributed by atoms with Gasteiger partial charge in [-0.05, 0) is 23.8 Å². The highest BCUT2D eigenvalue weighted by Gasteiger charge is 2.21. The first-order chi connectivity index (χ1) is 13.2. The number of para-hydroxylation sites is 1. The van der Waals surface area contributed by atoms with E-state index in [1.807, 2.05) is 48.5 Å². The summed E-state index contributed by atoms with van der Waals surface area (Å²) in [5.41, 5.74) is 3.82. The van der Waals surface area contributed by atoms with Crippen molar-refractivity contribution < 1.29 is 9.59 Å². The Morgan fingerprint density at radius 2 is 1.81 bits per heavy atom. The maximum absolute atomic E-state index is 13.0. The Morgan fingerprint density at radius 3 is 2.63 bits per heavy atom. The van der Waals surface area contributed by atoms with Crippen LogP contribution in [-0.2, 0) is 17.9 Å². The Hall–Kier alpha value is -3.72. The van der Waals surface area contributed by atoms with E-state index in [9.17, 15) is 9.59 Å². The second-order valence-corrected chi connectivity index (χ2v) is 6.18. The number of benzene rings is 2. The van der Waals surface area contributed by atoms with E-state index in [1.54, 1.807) is 4.90 Å². The van der Waals surface area contributed by atoms with Crippen LogP contribution < -0.4 is 4.90 Å². The van der Waals surface area contributed by atoms with Gasteiger partial charge in [0.2, 0.25) is 5.91 Å². The first-order valence-corrected chi connectivity index (χ1v) is 8.59. The quantitative estimate of drug-likeness (QED) is 0.532. The van der Waals surface area contributed by atoms with Gasteiger partial charge in [0.25, 0.3) is 0 Å². The zero-order chi connectivity index (χ0) is 18.6. The van der Waals surface area contributed by atoms with Gasteiger partial charge in [-0.3, -0.25) is 14.3 Å². The largest absolute Gasteiger partial charge is 0.307 e. The van der Waals surface area contributed by atoms with Crippen molar-refractivity contribution in [3.8, 4) is 11.8 Å². The van der Waals surface area contributed by atoms with Crippen LogP contribution in [0, 0.1) is 11.8 Å². The number of nitrogens with zero attached hydrogens (tertiary/aromatic N) is 4. The molecule has 0 fully saturated rings. The molecule has 1 aromatic heterocycles. The molecule has 0 bridgehead atoms. The third-order valence-corrected chi connectivity index (χ3v) is 4.41. The fourth-order valence-electron chi connectivity index (χ4n) is 3.03. The van der Waals surface area contributed by atoms with Gasteiger partial charge in [-0.1, -0.05) is 47.4 Å². The summed E-state index contributed by atoms with van der Waals surface area (Å²) in [6.45, 7) is 0.809. The lowest BCUT2D eigenvalue weighted by Crippen LogP contribution is -2.32. The maximum atomic E-state index is 13.0. The Morgan fingerprint density at radius 1 is 1.07 bits per heavy atom. The lowest BCUT2D eigenvalue weighted by molar-refractivity contribution is -0.119. The van der Waals surface area contributed by atoms with Gasteiger partial charge in [0.05, 0.1) is 25.0 Å². The molecule has 3 aromatic rings. The van der Waals surface area contributed by atoms with E-state index < -0.39 is 0 Å². The van der Waals surface area contributed by atoms with Crippen molar-refractivity contribution in [2.24, 2.45) is 0 Å². The van der Waals surface area contributed by atoms with Crippen LogP contribution in [0.4, 0.5) is 5.69 Å². The van der Waals surface area contributed by atoms with Crippen molar-refractivity contribution in [2.75, 3.05) is 4.90 Å². The van der Waals surface area contributed by atoms with Gasteiger partial charge in [-0.15, -0.1) is 5.10 Å². The molecule has 1 aliphatic heterocycles. The van der Waals surface area contributed by atoms with Gasteiger partial charge in [0, 0.05) is 17.5 Å². The molecule has 0 saturated heterocycles. The van der Waals surface area contributed by atoms with Crippen molar-refractivity contribution >= 4 is 17.9 Å². The predicted octanol–water partition coefficient (Wildman–Crippen LogP) is 2.43. The standard InChI is InChI=1S/C21H16N4O2/c26-15-19-14-24(23-22-19)12-11-21(27)25-13-18-7-2-1-5-16(18)9-10-17-6-3-4-8-20(17)25/h1-8,14-15H,11-13H2. The van der Waals surface area contributed by atoms with Gasteiger partial charge >= 0.3 is 0 Å². The number of amides is 1. The fraction of sp³-hybridized carbons (Fsp3) is 0.143. The average Bonchev–Trinajstić information content (AvgIpc) is 3.16. The summed E-state index contributed by atoms with van der Waals surface area (Å²) < 4.78 is 1.51. The van der Waals surface area contributed by atoms with Gasteiger partial charge in [0.15, 0.2) is 6.29 Å². The number of aryl methyl sites for hydroxylation is 1. The Kier molecular flexibility index (Phi) is 4.50. The number of carbonyl (C=O) groups is 2. The minimum atomic E-state index is -0.0379. The van der Waals surface area contributed by atoms with Crippen molar-refractivity contribution in [1.82, 2.24) is 15.0 Å². The second-order valence-electron chi connectivity index (χ2n) is 6.18. The van der Waals surface area contributed by atoms with Crippen molar-refractivity contribution in [1.29, 1.82) is 0 Å². The SMILES string of the molecule is O=Cc1cn(CCC(=O)N2Cc3ccccc3C#Cc3ccccc32)nn1. The normalized spacial score (nSPS) is 12.1. The predicted molar refractivity (Wildman–Crippen MR) is 100 cm³/mol. The number of hydrogen-bond donors (Lipinski definition) is 0. The number of aromatic nitrogens is 3. The highest BCUT2D eigenvalue weighted by atomic mass is 16.2. The summed E-state index contributed by atoms with van der Waals surface area (Å²) in [5, 5.41) is 7.58. The van der Waals surface area contributed by atoms with Crippen LogP contribution in [-0.4, -0.2) is 27.2 Å². The number of aldehydes is 1. The van der Waals surface area contributed by atoms with E-state index in [1.165, 1.54) is 10.9 Å². The molecule has 0 saturated carbocycles. The summed E-state index contributed by atoms with van der Waals surface area (Å²) in [5.74, 6) is 6.35. The van der Waals surface area contributed by atoms with Crippen LogP contribution in [0.3, 0.4) is 0 Å².